The zero-order valence-electron chi connectivity index (χ0n) is 11.4. The van der Waals surface area contributed by atoms with E-state index in [1.807, 2.05) is 43.3 Å². The normalized spacial score (nSPS) is 12.3. The molecule has 3 heteroatoms. The van der Waals surface area contributed by atoms with Gasteiger partial charge in [0, 0.05) is 0 Å². The van der Waals surface area contributed by atoms with E-state index in [0.717, 1.165) is 11.1 Å². The van der Waals surface area contributed by atoms with Crippen molar-refractivity contribution in [2.75, 3.05) is 0 Å². The van der Waals surface area contributed by atoms with Gasteiger partial charge in [0.15, 0.2) is 0 Å². The minimum absolute atomic E-state index is 0.0541. The van der Waals surface area contributed by atoms with Crippen LogP contribution < -0.4 is 0 Å². The molecule has 0 aliphatic carbocycles. The fourth-order valence-electron chi connectivity index (χ4n) is 2.10. The molecule has 20 heavy (non-hydrogen) atoms. The Hall–Kier alpha value is -1.74. The van der Waals surface area contributed by atoms with Gasteiger partial charge < -0.3 is 5.11 Å². The second-order valence-electron chi connectivity index (χ2n) is 4.57. The number of rotatable bonds is 6. The second-order valence-corrected chi connectivity index (χ2v) is 5.89. The van der Waals surface area contributed by atoms with Crippen molar-refractivity contribution in [1.29, 1.82) is 0 Å². The molecular formula is C17H18O2S. The van der Waals surface area contributed by atoms with Gasteiger partial charge in [-0.2, -0.15) is 0 Å². The first-order chi connectivity index (χ1) is 9.72. The number of benzene rings is 2. The first-order valence-corrected chi connectivity index (χ1v) is 7.64. The van der Waals surface area contributed by atoms with Gasteiger partial charge in [-0.3, -0.25) is 4.79 Å². The number of carboxylic acid groups (broad SMARTS) is 1. The van der Waals surface area contributed by atoms with Crippen LogP contribution in [0, 0.1) is 0 Å². The molecule has 0 amide bonds. The molecule has 1 atom stereocenters. The zero-order chi connectivity index (χ0) is 14.4. The van der Waals surface area contributed by atoms with Crippen molar-refractivity contribution >= 4 is 17.7 Å². The number of thioether (sulfide) groups is 1. The van der Waals surface area contributed by atoms with Crippen LogP contribution in [-0.2, 0) is 4.79 Å². The highest BCUT2D eigenvalue weighted by atomic mass is 32.2. The summed E-state index contributed by atoms with van der Waals surface area (Å²) in [7, 11) is 0. The predicted octanol–water partition coefficient (Wildman–Crippen LogP) is 4.37. The van der Waals surface area contributed by atoms with E-state index in [4.69, 9.17) is 0 Å². The van der Waals surface area contributed by atoms with E-state index in [1.54, 1.807) is 0 Å². The van der Waals surface area contributed by atoms with Crippen molar-refractivity contribution < 1.29 is 9.90 Å². The van der Waals surface area contributed by atoms with Gasteiger partial charge in [0.25, 0.3) is 0 Å². The molecule has 1 N–H and O–H groups in total. The van der Waals surface area contributed by atoms with E-state index in [2.05, 4.69) is 24.3 Å². The minimum Gasteiger partial charge on any atom is -0.480 e. The van der Waals surface area contributed by atoms with Crippen LogP contribution in [0.15, 0.2) is 60.7 Å². The van der Waals surface area contributed by atoms with Crippen molar-refractivity contribution in [1.82, 2.24) is 0 Å². The summed E-state index contributed by atoms with van der Waals surface area (Å²) in [5.41, 5.74) is 2.28. The number of carboxylic acids is 1. The summed E-state index contributed by atoms with van der Waals surface area (Å²) in [5.74, 6) is -0.741. The van der Waals surface area contributed by atoms with Crippen LogP contribution in [0.2, 0.25) is 0 Å². The first-order valence-electron chi connectivity index (χ1n) is 6.70. The predicted molar refractivity (Wildman–Crippen MR) is 84.0 cm³/mol. The van der Waals surface area contributed by atoms with Crippen molar-refractivity contribution in [3.05, 3.63) is 71.8 Å². The molecule has 2 rings (SSSR count). The molecule has 2 nitrogen and oxygen atoms in total. The molecule has 2 aromatic carbocycles. The first kappa shape index (κ1) is 14.7. The highest BCUT2D eigenvalue weighted by molar-refractivity contribution is 8.01. The summed E-state index contributed by atoms with van der Waals surface area (Å²) in [6, 6.07) is 20.1. The monoisotopic (exact) mass is 286 g/mol. The summed E-state index contributed by atoms with van der Waals surface area (Å²) < 4.78 is 0. The van der Waals surface area contributed by atoms with Gasteiger partial charge in [-0.1, -0.05) is 67.6 Å². The van der Waals surface area contributed by atoms with Crippen molar-refractivity contribution in [2.24, 2.45) is 0 Å². The fraction of sp³-hybridized carbons (Fsp3) is 0.235. The van der Waals surface area contributed by atoms with Crippen LogP contribution in [0.4, 0.5) is 0 Å². The standard InChI is InChI=1S/C17H18O2S/c1-2-15(17(18)19)20-16(13-9-5-3-6-10-13)14-11-7-4-8-12-14/h3-12,15-16H,2H2,1H3,(H,18,19). The molecule has 0 aliphatic heterocycles. The average Bonchev–Trinajstić information content (AvgIpc) is 2.50. The van der Waals surface area contributed by atoms with Crippen LogP contribution in [0.3, 0.4) is 0 Å². The Balaban J connectivity index is 2.32. The minimum atomic E-state index is -0.741. The molecule has 0 aromatic heterocycles. The van der Waals surface area contributed by atoms with E-state index in [0.29, 0.717) is 6.42 Å². The Labute approximate surface area is 123 Å². The molecule has 0 saturated heterocycles. The van der Waals surface area contributed by atoms with Crippen LogP contribution in [-0.4, -0.2) is 16.3 Å². The summed E-state index contributed by atoms with van der Waals surface area (Å²) in [6.45, 7) is 1.92. The van der Waals surface area contributed by atoms with Gasteiger partial charge in [0.05, 0.1) is 5.25 Å². The molecule has 0 saturated carbocycles. The molecule has 0 bridgehead atoms. The van der Waals surface area contributed by atoms with Crippen molar-refractivity contribution in [2.45, 2.75) is 23.8 Å². The van der Waals surface area contributed by atoms with Gasteiger partial charge in [-0.05, 0) is 17.5 Å². The molecule has 2 aromatic rings. The third kappa shape index (κ3) is 3.64. The van der Waals surface area contributed by atoms with E-state index >= 15 is 0 Å². The summed E-state index contributed by atoms with van der Waals surface area (Å²) in [4.78, 5) is 11.3. The number of carbonyl (C=O) groups is 1. The van der Waals surface area contributed by atoms with E-state index < -0.39 is 5.97 Å². The van der Waals surface area contributed by atoms with Gasteiger partial charge in [-0.25, -0.2) is 0 Å². The third-order valence-corrected chi connectivity index (χ3v) is 4.83. The maximum Gasteiger partial charge on any atom is 0.316 e. The summed E-state index contributed by atoms with van der Waals surface area (Å²) in [5, 5.41) is 8.96. The molecule has 0 spiro atoms. The summed E-state index contributed by atoms with van der Waals surface area (Å²) in [6.07, 6.45) is 0.621. The zero-order valence-corrected chi connectivity index (χ0v) is 12.2. The molecule has 0 fully saturated rings. The van der Waals surface area contributed by atoms with E-state index in [1.165, 1.54) is 11.8 Å². The Bertz CT molecular complexity index is 500. The molecule has 0 aliphatic rings. The topological polar surface area (TPSA) is 37.3 Å². The lowest BCUT2D eigenvalue weighted by Gasteiger charge is -2.21. The van der Waals surface area contributed by atoms with Crippen LogP contribution in [0.1, 0.15) is 29.7 Å². The van der Waals surface area contributed by atoms with Gasteiger partial charge >= 0.3 is 5.97 Å². The molecule has 0 radical (unpaired) electrons. The van der Waals surface area contributed by atoms with Crippen LogP contribution >= 0.6 is 11.8 Å². The van der Waals surface area contributed by atoms with E-state index in [9.17, 15) is 9.90 Å². The Morgan fingerprint density at radius 3 is 1.80 bits per heavy atom. The second kappa shape index (κ2) is 7.15. The molecule has 1 unspecified atom stereocenters. The Kier molecular flexibility index (Phi) is 5.24. The van der Waals surface area contributed by atoms with Gasteiger partial charge in [0.2, 0.25) is 0 Å². The van der Waals surface area contributed by atoms with Gasteiger partial charge in [0.1, 0.15) is 5.25 Å². The fourth-order valence-corrected chi connectivity index (χ4v) is 3.36. The molecule has 104 valence electrons. The highest BCUT2D eigenvalue weighted by Gasteiger charge is 2.23. The lowest BCUT2D eigenvalue weighted by Crippen LogP contribution is -2.17. The molecular weight excluding hydrogens is 268 g/mol. The lowest BCUT2D eigenvalue weighted by molar-refractivity contribution is -0.136. The number of aliphatic carboxylic acids is 1. The third-order valence-electron chi connectivity index (χ3n) is 3.15. The smallest absolute Gasteiger partial charge is 0.316 e. The highest BCUT2D eigenvalue weighted by Crippen LogP contribution is 2.39. The lowest BCUT2D eigenvalue weighted by atomic mass is 10.0. The Morgan fingerprint density at radius 1 is 1.00 bits per heavy atom. The van der Waals surface area contributed by atoms with Crippen LogP contribution in [0.5, 0.6) is 0 Å². The summed E-state index contributed by atoms with van der Waals surface area (Å²) >= 11 is 1.50. The van der Waals surface area contributed by atoms with Crippen molar-refractivity contribution in [3.63, 3.8) is 0 Å². The average molecular weight is 286 g/mol. The largest absolute Gasteiger partial charge is 0.480 e. The van der Waals surface area contributed by atoms with Gasteiger partial charge in [-0.15, -0.1) is 11.8 Å². The number of hydrogen-bond acceptors (Lipinski definition) is 2. The quantitative estimate of drug-likeness (QED) is 0.856. The van der Waals surface area contributed by atoms with E-state index in [-0.39, 0.29) is 10.5 Å². The maximum absolute atomic E-state index is 11.3. The number of hydrogen-bond donors (Lipinski definition) is 1. The Morgan fingerprint density at radius 2 is 1.45 bits per heavy atom. The van der Waals surface area contributed by atoms with Crippen molar-refractivity contribution in [3.8, 4) is 0 Å². The van der Waals surface area contributed by atoms with Crippen LogP contribution in [0.25, 0.3) is 0 Å². The maximum atomic E-state index is 11.3. The SMILES string of the molecule is CCC(SC(c1ccccc1)c1ccccc1)C(=O)O. The molecule has 0 heterocycles.